The van der Waals surface area contributed by atoms with Crippen LogP contribution in [0.25, 0.3) is 0 Å². The maximum absolute atomic E-state index is 13.1. The number of H-pyrrole nitrogens is 1. The van der Waals surface area contributed by atoms with Gasteiger partial charge in [0.25, 0.3) is 10.0 Å². The van der Waals surface area contributed by atoms with Crippen molar-refractivity contribution < 1.29 is 8.42 Å². The van der Waals surface area contributed by atoms with Crippen molar-refractivity contribution in [1.29, 1.82) is 0 Å². The first-order chi connectivity index (χ1) is 10.0. The molecule has 6 heteroatoms. The number of sulfonamides is 1. The van der Waals surface area contributed by atoms with Gasteiger partial charge in [-0.3, -0.25) is 9.40 Å². The number of fused-ring (bicyclic) bond motifs is 1. The minimum Gasteiger partial charge on any atom is -0.281 e. The summed E-state index contributed by atoms with van der Waals surface area (Å²) in [5.41, 5.74) is 3.01. The molecule has 1 aliphatic rings. The van der Waals surface area contributed by atoms with Gasteiger partial charge in [0.1, 0.15) is 4.90 Å². The highest BCUT2D eigenvalue weighted by Crippen LogP contribution is 2.32. The van der Waals surface area contributed by atoms with Crippen LogP contribution in [0.1, 0.15) is 29.8 Å². The molecule has 0 amide bonds. The predicted molar refractivity (Wildman–Crippen MR) is 82.0 cm³/mol. The summed E-state index contributed by atoms with van der Waals surface area (Å²) in [6.45, 7) is 3.99. The highest BCUT2D eigenvalue weighted by molar-refractivity contribution is 7.93. The van der Waals surface area contributed by atoms with Gasteiger partial charge in [-0.15, -0.1) is 0 Å². The van der Waals surface area contributed by atoms with Crippen molar-refractivity contribution in [2.75, 3.05) is 10.8 Å². The van der Waals surface area contributed by atoms with Gasteiger partial charge in [-0.05, 0) is 44.7 Å². The van der Waals surface area contributed by atoms with E-state index in [1.807, 2.05) is 24.3 Å². The molecule has 0 fully saturated rings. The lowest BCUT2D eigenvalue weighted by Crippen LogP contribution is -2.32. The van der Waals surface area contributed by atoms with Gasteiger partial charge in [0, 0.05) is 6.54 Å². The van der Waals surface area contributed by atoms with E-state index < -0.39 is 10.0 Å². The van der Waals surface area contributed by atoms with E-state index in [-0.39, 0.29) is 0 Å². The third kappa shape index (κ3) is 2.33. The lowest BCUT2D eigenvalue weighted by molar-refractivity contribution is 0.588. The van der Waals surface area contributed by atoms with Gasteiger partial charge in [-0.2, -0.15) is 5.10 Å². The third-order valence-electron chi connectivity index (χ3n) is 3.93. The van der Waals surface area contributed by atoms with Crippen LogP contribution in [-0.4, -0.2) is 25.2 Å². The van der Waals surface area contributed by atoms with Crippen molar-refractivity contribution in [1.82, 2.24) is 10.2 Å². The Balaban J connectivity index is 2.16. The number of nitrogens with zero attached hydrogens (tertiary/aromatic N) is 2. The number of nitrogens with one attached hydrogen (secondary N) is 1. The number of hydrogen-bond acceptors (Lipinski definition) is 3. The molecule has 0 spiro atoms. The van der Waals surface area contributed by atoms with Crippen molar-refractivity contribution in [3.63, 3.8) is 0 Å². The van der Waals surface area contributed by atoms with Crippen LogP contribution in [0.2, 0.25) is 0 Å². The molecule has 0 atom stereocenters. The molecule has 0 radical (unpaired) electrons. The van der Waals surface area contributed by atoms with Crippen LogP contribution >= 0.6 is 0 Å². The second-order valence-electron chi connectivity index (χ2n) is 5.43. The minimum absolute atomic E-state index is 0.305. The Morgan fingerprint density at radius 1 is 1.19 bits per heavy atom. The zero-order valence-corrected chi connectivity index (χ0v) is 13.1. The first-order valence-corrected chi connectivity index (χ1v) is 8.58. The van der Waals surface area contributed by atoms with Gasteiger partial charge < -0.3 is 0 Å². The highest BCUT2D eigenvalue weighted by atomic mass is 32.2. The second-order valence-corrected chi connectivity index (χ2v) is 7.23. The molecule has 3 rings (SSSR count). The summed E-state index contributed by atoms with van der Waals surface area (Å²) < 4.78 is 27.7. The SMILES string of the molecule is Cc1n[nH]c(C)c1S(=O)(=O)N1CCCCc2ccccc21. The average molecular weight is 305 g/mol. The molecule has 1 N–H and O–H groups in total. The zero-order valence-electron chi connectivity index (χ0n) is 12.3. The summed E-state index contributed by atoms with van der Waals surface area (Å²) in [4.78, 5) is 0.305. The number of benzene rings is 1. The van der Waals surface area contributed by atoms with Crippen molar-refractivity contribution in [3.8, 4) is 0 Å². The van der Waals surface area contributed by atoms with Crippen LogP contribution in [0.4, 0.5) is 5.69 Å². The summed E-state index contributed by atoms with van der Waals surface area (Å²) in [7, 11) is -3.58. The molecule has 1 aromatic heterocycles. The Bertz CT molecular complexity index is 745. The van der Waals surface area contributed by atoms with Crippen LogP contribution < -0.4 is 4.31 Å². The Kier molecular flexibility index (Phi) is 3.49. The minimum atomic E-state index is -3.58. The van der Waals surface area contributed by atoms with E-state index in [1.165, 1.54) is 0 Å². The summed E-state index contributed by atoms with van der Waals surface area (Å²) in [5, 5.41) is 6.79. The Labute approximate surface area is 125 Å². The molecule has 0 bridgehead atoms. The molecule has 0 unspecified atom stereocenters. The topological polar surface area (TPSA) is 66.1 Å². The van der Waals surface area contributed by atoms with Crippen LogP contribution in [0, 0.1) is 13.8 Å². The number of para-hydroxylation sites is 1. The molecule has 21 heavy (non-hydrogen) atoms. The van der Waals surface area contributed by atoms with E-state index in [4.69, 9.17) is 0 Å². The molecule has 112 valence electrons. The van der Waals surface area contributed by atoms with Gasteiger partial charge in [-0.1, -0.05) is 18.2 Å². The number of aryl methyl sites for hydroxylation is 3. The van der Waals surface area contributed by atoms with Crippen LogP contribution in [0.15, 0.2) is 29.2 Å². The number of rotatable bonds is 2. The quantitative estimate of drug-likeness (QED) is 0.927. The van der Waals surface area contributed by atoms with E-state index in [9.17, 15) is 8.42 Å². The Morgan fingerprint density at radius 3 is 2.67 bits per heavy atom. The van der Waals surface area contributed by atoms with Crippen molar-refractivity contribution >= 4 is 15.7 Å². The van der Waals surface area contributed by atoms with E-state index >= 15 is 0 Å². The molecule has 5 nitrogen and oxygen atoms in total. The largest absolute Gasteiger partial charge is 0.281 e. The third-order valence-corrected chi connectivity index (χ3v) is 6.00. The Hall–Kier alpha value is -1.82. The maximum atomic E-state index is 13.1. The lowest BCUT2D eigenvalue weighted by atomic mass is 10.1. The van der Waals surface area contributed by atoms with Gasteiger partial charge in [0.05, 0.1) is 17.1 Å². The second kappa shape index (κ2) is 5.18. The molecule has 1 aliphatic heterocycles. The summed E-state index contributed by atoms with van der Waals surface area (Å²) in [6, 6.07) is 7.76. The van der Waals surface area contributed by atoms with Gasteiger partial charge in [0.15, 0.2) is 0 Å². The monoisotopic (exact) mass is 305 g/mol. The number of anilines is 1. The van der Waals surface area contributed by atoms with Gasteiger partial charge >= 0.3 is 0 Å². The van der Waals surface area contributed by atoms with Crippen LogP contribution in [-0.2, 0) is 16.4 Å². The number of hydrogen-bond donors (Lipinski definition) is 1. The van der Waals surface area contributed by atoms with Crippen molar-refractivity contribution in [3.05, 3.63) is 41.2 Å². The summed E-state index contributed by atoms with van der Waals surface area (Å²) >= 11 is 0. The maximum Gasteiger partial charge on any atom is 0.267 e. The fourth-order valence-corrected chi connectivity index (χ4v) is 4.82. The molecule has 0 saturated heterocycles. The standard InChI is InChI=1S/C15H19N3O2S/c1-11-15(12(2)17-16-11)21(19,20)18-10-6-5-8-13-7-3-4-9-14(13)18/h3-4,7,9H,5-6,8,10H2,1-2H3,(H,16,17). The van der Waals surface area contributed by atoms with Gasteiger partial charge in [-0.25, -0.2) is 8.42 Å². The average Bonchev–Trinajstić information content (AvgIpc) is 2.68. The van der Waals surface area contributed by atoms with E-state index in [0.29, 0.717) is 22.8 Å². The van der Waals surface area contributed by atoms with Crippen molar-refractivity contribution in [2.45, 2.75) is 38.0 Å². The molecule has 2 aromatic rings. The van der Waals surface area contributed by atoms with E-state index in [0.717, 1.165) is 30.5 Å². The van der Waals surface area contributed by atoms with Crippen molar-refractivity contribution in [2.24, 2.45) is 0 Å². The highest BCUT2D eigenvalue weighted by Gasteiger charge is 2.31. The summed E-state index contributed by atoms with van der Waals surface area (Å²) in [5.74, 6) is 0. The first-order valence-electron chi connectivity index (χ1n) is 7.14. The summed E-state index contributed by atoms with van der Waals surface area (Å²) in [6.07, 6.45) is 2.79. The zero-order chi connectivity index (χ0) is 15.0. The van der Waals surface area contributed by atoms with Crippen LogP contribution in [0.3, 0.4) is 0 Å². The lowest BCUT2D eigenvalue weighted by Gasteiger charge is -2.24. The fraction of sp³-hybridized carbons (Fsp3) is 0.400. The number of aromatic amines is 1. The molecular weight excluding hydrogens is 286 g/mol. The molecular formula is C15H19N3O2S. The smallest absolute Gasteiger partial charge is 0.267 e. The first kappa shape index (κ1) is 14.1. The van der Waals surface area contributed by atoms with Gasteiger partial charge in [0.2, 0.25) is 0 Å². The van der Waals surface area contributed by atoms with E-state index in [2.05, 4.69) is 10.2 Å². The Morgan fingerprint density at radius 2 is 1.95 bits per heavy atom. The fourth-order valence-electron chi connectivity index (χ4n) is 2.94. The molecule has 0 saturated carbocycles. The molecule has 0 aliphatic carbocycles. The van der Waals surface area contributed by atoms with E-state index in [1.54, 1.807) is 18.2 Å². The predicted octanol–water partition coefficient (Wildman–Crippen LogP) is 2.56. The normalized spacial score (nSPS) is 15.6. The van der Waals surface area contributed by atoms with Crippen LogP contribution in [0.5, 0.6) is 0 Å². The number of aromatic nitrogens is 2. The molecule has 1 aromatic carbocycles. The molecule has 2 heterocycles.